The molecule has 0 aromatic carbocycles. The van der Waals surface area contributed by atoms with Gasteiger partial charge in [-0.1, -0.05) is 12.1 Å². The Bertz CT molecular complexity index is 337. The smallest absolute Gasteiger partial charge is 0.150 e. The van der Waals surface area contributed by atoms with Crippen molar-refractivity contribution in [1.29, 1.82) is 0 Å². The van der Waals surface area contributed by atoms with Crippen LogP contribution in [0.5, 0.6) is 0 Å². The third-order valence-corrected chi connectivity index (χ3v) is 3.42. The van der Waals surface area contributed by atoms with E-state index in [1.165, 1.54) is 6.42 Å². The van der Waals surface area contributed by atoms with E-state index < -0.39 is 0 Å². The molecule has 0 spiro atoms. The summed E-state index contributed by atoms with van der Waals surface area (Å²) >= 11 is 0. The molecule has 2 heterocycles. The molecule has 1 aromatic rings. The summed E-state index contributed by atoms with van der Waals surface area (Å²) in [4.78, 5) is 2.44. The van der Waals surface area contributed by atoms with Gasteiger partial charge in [-0.15, -0.1) is 0 Å². The highest BCUT2D eigenvalue weighted by Gasteiger charge is 2.25. The van der Waals surface area contributed by atoms with Gasteiger partial charge in [-0.25, -0.2) is 0 Å². The molecule has 1 saturated heterocycles. The Morgan fingerprint density at radius 2 is 2.44 bits per heavy atom. The van der Waals surface area contributed by atoms with Crippen LogP contribution in [0.25, 0.3) is 0 Å². The predicted octanol–water partition coefficient (Wildman–Crippen LogP) is 1.41. The molecule has 2 rings (SSSR count). The second-order valence-electron chi connectivity index (χ2n) is 4.83. The second kappa shape index (κ2) is 4.97. The van der Waals surface area contributed by atoms with E-state index in [0.29, 0.717) is 12.0 Å². The van der Waals surface area contributed by atoms with Crippen LogP contribution in [0.3, 0.4) is 0 Å². The molecule has 1 N–H and O–H groups in total. The van der Waals surface area contributed by atoms with Gasteiger partial charge in [0.25, 0.3) is 0 Å². The number of piperidine rings is 1. The largest absolute Gasteiger partial charge is 0.360 e. The zero-order chi connectivity index (χ0) is 11.5. The lowest BCUT2D eigenvalue weighted by atomic mass is 9.94. The van der Waals surface area contributed by atoms with Crippen LogP contribution in [-0.4, -0.2) is 36.2 Å². The van der Waals surface area contributed by atoms with Gasteiger partial charge in [-0.3, -0.25) is 4.90 Å². The Labute approximate surface area is 97.0 Å². The summed E-state index contributed by atoms with van der Waals surface area (Å²) < 4.78 is 5.25. The number of aromatic nitrogens is 1. The minimum atomic E-state index is 0.660. The number of aryl methyl sites for hydroxylation is 1. The van der Waals surface area contributed by atoms with Crippen molar-refractivity contribution in [3.63, 3.8) is 0 Å². The Morgan fingerprint density at radius 1 is 1.62 bits per heavy atom. The van der Waals surface area contributed by atoms with Gasteiger partial charge in [-0.05, 0) is 26.3 Å². The van der Waals surface area contributed by atoms with Crippen LogP contribution in [0.1, 0.15) is 24.8 Å². The highest BCUT2D eigenvalue weighted by atomic mass is 16.5. The minimum absolute atomic E-state index is 0.660. The molecule has 4 heteroatoms. The third kappa shape index (κ3) is 2.62. The molecule has 4 nitrogen and oxygen atoms in total. The maximum atomic E-state index is 5.25. The van der Waals surface area contributed by atoms with Gasteiger partial charge < -0.3 is 9.84 Å². The molecule has 2 atom stereocenters. The zero-order valence-corrected chi connectivity index (χ0v) is 10.4. The van der Waals surface area contributed by atoms with E-state index in [9.17, 15) is 0 Å². The molecule has 90 valence electrons. The summed E-state index contributed by atoms with van der Waals surface area (Å²) in [5.74, 6) is 1.68. The third-order valence-electron chi connectivity index (χ3n) is 3.42. The van der Waals surface area contributed by atoms with Crippen molar-refractivity contribution in [2.75, 3.05) is 20.1 Å². The predicted molar refractivity (Wildman–Crippen MR) is 63.1 cm³/mol. The normalized spacial score (nSPS) is 27.2. The summed E-state index contributed by atoms with van der Waals surface area (Å²) in [7, 11) is 2.05. The fourth-order valence-electron chi connectivity index (χ4n) is 2.52. The quantitative estimate of drug-likeness (QED) is 0.841. The Kier molecular flexibility index (Phi) is 3.61. The Hall–Kier alpha value is -0.870. The number of likely N-dealkylation sites (tertiary alicyclic amines) is 1. The van der Waals surface area contributed by atoms with E-state index in [1.807, 2.05) is 13.0 Å². The fraction of sp³-hybridized carbons (Fsp3) is 0.750. The molecule has 1 fully saturated rings. The van der Waals surface area contributed by atoms with Gasteiger partial charge in [0.1, 0.15) is 0 Å². The van der Waals surface area contributed by atoms with Crippen molar-refractivity contribution in [2.45, 2.75) is 32.9 Å². The molecular formula is C12H21N3O. The lowest BCUT2D eigenvalue weighted by Gasteiger charge is -2.36. The lowest BCUT2D eigenvalue weighted by Crippen LogP contribution is -2.46. The molecule has 1 aromatic heterocycles. The first-order valence-electron chi connectivity index (χ1n) is 6.01. The molecule has 0 bridgehead atoms. The van der Waals surface area contributed by atoms with E-state index in [-0.39, 0.29) is 0 Å². The topological polar surface area (TPSA) is 41.3 Å². The fourth-order valence-corrected chi connectivity index (χ4v) is 2.52. The van der Waals surface area contributed by atoms with E-state index in [4.69, 9.17) is 4.52 Å². The molecule has 0 radical (unpaired) electrons. The minimum Gasteiger partial charge on any atom is -0.360 e. The molecular weight excluding hydrogens is 202 g/mol. The summed E-state index contributed by atoms with van der Waals surface area (Å²) in [6, 6.07) is 2.68. The van der Waals surface area contributed by atoms with Crippen molar-refractivity contribution >= 4 is 0 Å². The highest BCUT2D eigenvalue weighted by molar-refractivity contribution is 5.03. The van der Waals surface area contributed by atoms with Crippen molar-refractivity contribution in [1.82, 2.24) is 15.4 Å². The molecule has 1 aliphatic rings. The zero-order valence-electron chi connectivity index (χ0n) is 10.4. The van der Waals surface area contributed by atoms with Gasteiger partial charge >= 0.3 is 0 Å². The molecule has 0 saturated carbocycles. The van der Waals surface area contributed by atoms with Gasteiger partial charge in [0.15, 0.2) is 5.76 Å². The number of rotatable bonds is 3. The lowest BCUT2D eigenvalue weighted by molar-refractivity contribution is 0.133. The number of nitrogens with one attached hydrogen (secondary N) is 1. The molecule has 1 aliphatic heterocycles. The summed E-state index contributed by atoms with van der Waals surface area (Å²) in [6.07, 6.45) is 1.21. The summed E-state index contributed by atoms with van der Waals surface area (Å²) in [5, 5.41) is 7.30. The average molecular weight is 223 g/mol. The first-order chi connectivity index (χ1) is 7.69. The summed E-state index contributed by atoms with van der Waals surface area (Å²) in [6.45, 7) is 7.42. The van der Waals surface area contributed by atoms with Crippen molar-refractivity contribution in [3.05, 3.63) is 17.5 Å². The number of hydrogen-bond donors (Lipinski definition) is 1. The van der Waals surface area contributed by atoms with E-state index in [0.717, 1.165) is 31.1 Å². The van der Waals surface area contributed by atoms with Crippen molar-refractivity contribution < 1.29 is 4.52 Å². The van der Waals surface area contributed by atoms with E-state index in [1.54, 1.807) is 0 Å². The first-order valence-corrected chi connectivity index (χ1v) is 6.01. The maximum absolute atomic E-state index is 5.25. The molecule has 16 heavy (non-hydrogen) atoms. The van der Waals surface area contributed by atoms with Crippen LogP contribution in [0.15, 0.2) is 10.6 Å². The van der Waals surface area contributed by atoms with Crippen LogP contribution in [0, 0.1) is 12.8 Å². The average Bonchev–Trinajstić information content (AvgIpc) is 2.64. The second-order valence-corrected chi connectivity index (χ2v) is 4.83. The maximum Gasteiger partial charge on any atom is 0.150 e. The van der Waals surface area contributed by atoms with Gasteiger partial charge in [0.05, 0.1) is 12.2 Å². The van der Waals surface area contributed by atoms with Crippen LogP contribution < -0.4 is 5.32 Å². The Balaban J connectivity index is 1.88. The number of nitrogens with zero attached hydrogens (tertiary/aromatic N) is 2. The van der Waals surface area contributed by atoms with Crippen LogP contribution in [0.2, 0.25) is 0 Å². The molecule has 0 aliphatic carbocycles. The van der Waals surface area contributed by atoms with Gasteiger partial charge in [0, 0.05) is 25.2 Å². The monoisotopic (exact) mass is 223 g/mol. The Morgan fingerprint density at radius 3 is 3.00 bits per heavy atom. The van der Waals surface area contributed by atoms with Crippen molar-refractivity contribution in [2.24, 2.45) is 5.92 Å². The van der Waals surface area contributed by atoms with E-state index >= 15 is 0 Å². The van der Waals surface area contributed by atoms with Crippen LogP contribution in [-0.2, 0) is 6.54 Å². The van der Waals surface area contributed by atoms with E-state index in [2.05, 4.69) is 29.3 Å². The van der Waals surface area contributed by atoms with Crippen LogP contribution in [0.4, 0.5) is 0 Å². The highest BCUT2D eigenvalue weighted by Crippen LogP contribution is 2.18. The summed E-state index contributed by atoms with van der Waals surface area (Å²) in [5.41, 5.74) is 0.966. The molecule has 0 amide bonds. The SMILES string of the molecule is CNC1CCN(Cc2cc(C)no2)CC1C. The van der Waals surface area contributed by atoms with Gasteiger partial charge in [-0.2, -0.15) is 0 Å². The van der Waals surface area contributed by atoms with Crippen molar-refractivity contribution in [3.8, 4) is 0 Å². The first kappa shape index (κ1) is 11.6. The molecule has 2 unspecified atom stereocenters. The van der Waals surface area contributed by atoms with Crippen LogP contribution >= 0.6 is 0 Å². The number of hydrogen-bond acceptors (Lipinski definition) is 4. The van der Waals surface area contributed by atoms with Gasteiger partial charge in [0.2, 0.25) is 0 Å². The standard InChI is InChI=1S/C12H21N3O/c1-9-7-15(5-4-12(9)13-3)8-11-6-10(2)14-16-11/h6,9,12-13H,4-5,7-8H2,1-3H3.